The first-order valence-electron chi connectivity index (χ1n) is 9.35. The number of non-ortho nitro benzene ring substituents is 1. The van der Waals surface area contributed by atoms with Crippen LogP contribution in [0.25, 0.3) is 11.4 Å². The summed E-state index contributed by atoms with van der Waals surface area (Å²) >= 11 is 0. The molecule has 2 aromatic heterocycles. The molecule has 0 radical (unpaired) electrons. The molecule has 0 aliphatic carbocycles. The van der Waals surface area contributed by atoms with E-state index in [1.54, 1.807) is 43.2 Å². The van der Waals surface area contributed by atoms with E-state index in [0.29, 0.717) is 34.5 Å². The van der Waals surface area contributed by atoms with Crippen LogP contribution in [0.15, 0.2) is 49.1 Å². The molecule has 0 atom stereocenters. The number of nitrogens with two attached hydrogens (primary N) is 1. The van der Waals surface area contributed by atoms with Gasteiger partial charge in [-0.2, -0.15) is 10.2 Å². The lowest BCUT2D eigenvalue weighted by atomic mass is 10.2. The van der Waals surface area contributed by atoms with Gasteiger partial charge in [0.15, 0.2) is 5.75 Å². The number of aryl methyl sites for hydroxylation is 2. The number of benzene rings is 2. The highest BCUT2D eigenvalue weighted by Gasteiger charge is 2.13. The number of nitrogens with zero attached hydrogens (tertiary/aromatic N) is 7. The minimum atomic E-state index is -0.473. The Morgan fingerprint density at radius 3 is 1.81 bits per heavy atom. The third-order valence-corrected chi connectivity index (χ3v) is 4.28. The molecule has 0 spiro atoms. The fraction of sp³-hybridized carbons (Fsp3) is 0.200. The summed E-state index contributed by atoms with van der Waals surface area (Å²) in [5.74, 6) is 2.39. The van der Waals surface area contributed by atoms with E-state index in [1.165, 1.54) is 30.3 Å². The van der Waals surface area contributed by atoms with E-state index in [9.17, 15) is 10.1 Å². The fourth-order valence-electron chi connectivity index (χ4n) is 2.78. The Bertz CT molecular complexity index is 1230. The SMILES string of the molecule is COc1cc(N)ccc1-n1cnc(C)n1.COc1cc([N+](=O)[O-])ccc1-n1cnc(C)n1. The molecule has 0 saturated carbocycles. The van der Waals surface area contributed by atoms with Gasteiger partial charge in [-0.1, -0.05) is 0 Å². The van der Waals surface area contributed by atoms with E-state index in [-0.39, 0.29) is 5.69 Å². The van der Waals surface area contributed by atoms with E-state index in [0.717, 1.165) is 5.69 Å². The molecule has 2 heterocycles. The van der Waals surface area contributed by atoms with E-state index in [1.807, 2.05) is 13.0 Å². The van der Waals surface area contributed by atoms with Crippen LogP contribution < -0.4 is 15.2 Å². The number of hydrogen-bond donors (Lipinski definition) is 1. The number of hydrogen-bond acceptors (Lipinski definition) is 9. The van der Waals surface area contributed by atoms with Gasteiger partial charge in [0.05, 0.1) is 25.2 Å². The van der Waals surface area contributed by atoms with Gasteiger partial charge in [0.1, 0.15) is 41.4 Å². The Kier molecular flexibility index (Phi) is 6.63. The number of rotatable bonds is 5. The van der Waals surface area contributed by atoms with Crippen LogP contribution in [0.4, 0.5) is 11.4 Å². The van der Waals surface area contributed by atoms with Gasteiger partial charge in [-0.15, -0.1) is 0 Å². The second-order valence-electron chi connectivity index (χ2n) is 6.52. The maximum absolute atomic E-state index is 10.6. The molecule has 32 heavy (non-hydrogen) atoms. The van der Waals surface area contributed by atoms with Gasteiger partial charge in [-0.25, -0.2) is 19.3 Å². The standard InChI is InChI=1S/C10H10N4O3.C10H12N4O/c1-7-11-6-13(12-7)9-4-3-8(14(15)16)5-10(9)17-2;1-7-12-6-14(13-7)9-4-3-8(11)5-10(9)15-2/h3-6H,1-2H3;3-6H,11H2,1-2H3. The second kappa shape index (κ2) is 9.55. The van der Waals surface area contributed by atoms with Gasteiger partial charge in [-0.05, 0) is 32.0 Å². The Morgan fingerprint density at radius 2 is 1.38 bits per heavy atom. The highest BCUT2D eigenvalue weighted by atomic mass is 16.6. The average molecular weight is 438 g/mol. The predicted molar refractivity (Wildman–Crippen MR) is 116 cm³/mol. The first-order valence-corrected chi connectivity index (χ1v) is 9.35. The van der Waals surface area contributed by atoms with Crippen molar-refractivity contribution in [3.05, 3.63) is 70.8 Å². The smallest absolute Gasteiger partial charge is 0.273 e. The first-order chi connectivity index (χ1) is 15.3. The number of ether oxygens (including phenoxy) is 2. The molecular formula is C20H22N8O4. The number of aromatic nitrogens is 6. The monoisotopic (exact) mass is 438 g/mol. The molecule has 0 unspecified atom stereocenters. The van der Waals surface area contributed by atoms with Crippen molar-refractivity contribution in [2.24, 2.45) is 0 Å². The minimum absolute atomic E-state index is 0.0255. The molecule has 166 valence electrons. The highest BCUT2D eigenvalue weighted by molar-refractivity contribution is 5.55. The molecule has 0 bridgehead atoms. The molecule has 2 aromatic carbocycles. The molecule has 2 N–H and O–H groups in total. The van der Waals surface area contributed by atoms with Gasteiger partial charge in [0, 0.05) is 17.8 Å². The summed E-state index contributed by atoms with van der Waals surface area (Å²) in [4.78, 5) is 18.2. The average Bonchev–Trinajstić information content (AvgIpc) is 3.41. The number of nitro groups is 1. The fourth-order valence-corrected chi connectivity index (χ4v) is 2.78. The summed E-state index contributed by atoms with van der Waals surface area (Å²) in [6.07, 6.45) is 3.17. The molecule has 4 rings (SSSR count). The first kappa shape index (κ1) is 22.2. The molecule has 0 aliphatic rings. The Morgan fingerprint density at radius 1 is 0.875 bits per heavy atom. The highest BCUT2D eigenvalue weighted by Crippen LogP contribution is 2.27. The Balaban J connectivity index is 0.000000182. The van der Waals surface area contributed by atoms with E-state index in [4.69, 9.17) is 15.2 Å². The van der Waals surface area contributed by atoms with Crippen molar-refractivity contribution in [3.8, 4) is 22.9 Å². The summed E-state index contributed by atoms with van der Waals surface area (Å²) in [5.41, 5.74) is 7.73. The molecule has 4 aromatic rings. The molecule has 0 fully saturated rings. The van der Waals surface area contributed by atoms with Crippen molar-refractivity contribution in [1.82, 2.24) is 29.5 Å². The van der Waals surface area contributed by atoms with Gasteiger partial charge in [-0.3, -0.25) is 10.1 Å². The van der Waals surface area contributed by atoms with Crippen LogP contribution in [0.5, 0.6) is 11.5 Å². The Hall–Kier alpha value is -4.48. The van der Waals surface area contributed by atoms with Crippen molar-refractivity contribution < 1.29 is 14.4 Å². The van der Waals surface area contributed by atoms with Crippen molar-refractivity contribution in [1.29, 1.82) is 0 Å². The van der Waals surface area contributed by atoms with Gasteiger partial charge < -0.3 is 15.2 Å². The lowest BCUT2D eigenvalue weighted by Crippen LogP contribution is -2.00. The number of nitro benzene ring substituents is 1. The van der Waals surface area contributed by atoms with Crippen molar-refractivity contribution in [2.75, 3.05) is 20.0 Å². The van der Waals surface area contributed by atoms with Crippen LogP contribution in [-0.4, -0.2) is 48.7 Å². The summed E-state index contributed by atoms with van der Waals surface area (Å²) in [6.45, 7) is 3.59. The third kappa shape index (κ3) is 4.98. The van der Waals surface area contributed by atoms with Crippen molar-refractivity contribution in [3.63, 3.8) is 0 Å². The second-order valence-corrected chi connectivity index (χ2v) is 6.52. The Labute approximate surface area is 183 Å². The molecular weight excluding hydrogens is 416 g/mol. The lowest BCUT2D eigenvalue weighted by molar-refractivity contribution is -0.384. The quantitative estimate of drug-likeness (QED) is 0.282. The van der Waals surface area contributed by atoms with Gasteiger partial charge in [0.25, 0.3) is 5.69 Å². The topological polar surface area (TPSA) is 149 Å². The predicted octanol–water partition coefficient (Wildman–Crippen LogP) is 2.66. The van der Waals surface area contributed by atoms with E-state index >= 15 is 0 Å². The van der Waals surface area contributed by atoms with E-state index in [2.05, 4.69) is 20.2 Å². The zero-order valence-electron chi connectivity index (χ0n) is 18.0. The van der Waals surface area contributed by atoms with Crippen LogP contribution in [-0.2, 0) is 0 Å². The van der Waals surface area contributed by atoms with Crippen LogP contribution in [0.2, 0.25) is 0 Å². The zero-order chi connectivity index (χ0) is 23.3. The van der Waals surface area contributed by atoms with Crippen LogP contribution in [0.1, 0.15) is 11.6 Å². The van der Waals surface area contributed by atoms with Crippen LogP contribution >= 0.6 is 0 Å². The van der Waals surface area contributed by atoms with Crippen LogP contribution in [0, 0.1) is 24.0 Å². The number of anilines is 1. The molecule has 12 nitrogen and oxygen atoms in total. The lowest BCUT2D eigenvalue weighted by Gasteiger charge is -2.08. The number of methoxy groups -OCH3 is 2. The largest absolute Gasteiger partial charge is 0.494 e. The number of nitrogen functional groups attached to an aromatic ring is 1. The van der Waals surface area contributed by atoms with E-state index < -0.39 is 4.92 Å². The van der Waals surface area contributed by atoms with Crippen molar-refractivity contribution >= 4 is 11.4 Å². The summed E-state index contributed by atoms with van der Waals surface area (Å²) in [5, 5.41) is 19.0. The maximum atomic E-state index is 10.6. The third-order valence-electron chi connectivity index (χ3n) is 4.28. The summed E-state index contributed by atoms with van der Waals surface area (Å²) in [7, 11) is 3.05. The van der Waals surface area contributed by atoms with Crippen molar-refractivity contribution in [2.45, 2.75) is 13.8 Å². The normalized spacial score (nSPS) is 10.2. The van der Waals surface area contributed by atoms with Crippen LogP contribution in [0.3, 0.4) is 0 Å². The summed E-state index contributed by atoms with van der Waals surface area (Å²) in [6, 6.07) is 9.73. The zero-order valence-corrected chi connectivity index (χ0v) is 18.0. The van der Waals surface area contributed by atoms with Gasteiger partial charge in [0.2, 0.25) is 0 Å². The van der Waals surface area contributed by atoms with Gasteiger partial charge >= 0.3 is 0 Å². The molecule has 12 heteroatoms. The minimum Gasteiger partial charge on any atom is -0.494 e. The maximum Gasteiger partial charge on any atom is 0.273 e. The molecule has 0 aliphatic heterocycles. The summed E-state index contributed by atoms with van der Waals surface area (Å²) < 4.78 is 13.5. The molecule has 0 amide bonds. The molecule has 0 saturated heterocycles.